The van der Waals surface area contributed by atoms with Crippen LogP contribution in [0.4, 0.5) is 14.5 Å². The second-order valence-corrected chi connectivity index (χ2v) is 4.82. The van der Waals surface area contributed by atoms with Crippen LogP contribution >= 0.6 is 11.8 Å². The summed E-state index contributed by atoms with van der Waals surface area (Å²) in [5.41, 5.74) is 0.0447. The van der Waals surface area contributed by atoms with Crippen LogP contribution in [0.3, 0.4) is 0 Å². The van der Waals surface area contributed by atoms with E-state index >= 15 is 0 Å². The molecule has 1 amide bonds. The molecule has 1 aromatic carbocycles. The smallest absolute Gasteiger partial charge is 0.228 e. The third-order valence-electron chi connectivity index (χ3n) is 2.49. The number of amides is 1. The fourth-order valence-corrected chi connectivity index (χ4v) is 2.79. The number of halogens is 2. The maximum atomic E-state index is 13.2. The molecule has 1 aliphatic rings. The predicted molar refractivity (Wildman–Crippen MR) is 60.4 cm³/mol. The highest BCUT2D eigenvalue weighted by Crippen LogP contribution is 2.25. The molecule has 1 aliphatic heterocycles. The highest BCUT2D eigenvalue weighted by Gasteiger charge is 2.23. The van der Waals surface area contributed by atoms with E-state index in [1.807, 2.05) is 0 Å². The minimum atomic E-state index is -0.737. The van der Waals surface area contributed by atoms with Gasteiger partial charge in [-0.05, 0) is 24.3 Å². The van der Waals surface area contributed by atoms with Crippen molar-refractivity contribution in [3.63, 3.8) is 0 Å². The van der Waals surface area contributed by atoms with Crippen molar-refractivity contribution in [3.05, 3.63) is 29.8 Å². The Balaban J connectivity index is 2.05. The van der Waals surface area contributed by atoms with Crippen LogP contribution in [0.5, 0.6) is 0 Å². The molecule has 1 unspecified atom stereocenters. The minimum absolute atomic E-state index is 0.0447. The summed E-state index contributed by atoms with van der Waals surface area (Å²) >= 11 is 1.71. The van der Waals surface area contributed by atoms with Gasteiger partial charge in [0.1, 0.15) is 11.6 Å². The number of rotatable bonds is 2. The van der Waals surface area contributed by atoms with Gasteiger partial charge in [0.2, 0.25) is 5.91 Å². The summed E-state index contributed by atoms with van der Waals surface area (Å²) in [5, 5.41) is 2.49. The topological polar surface area (TPSA) is 29.1 Å². The number of hydrogen-bond acceptors (Lipinski definition) is 2. The van der Waals surface area contributed by atoms with Crippen molar-refractivity contribution in [1.29, 1.82) is 0 Å². The molecule has 0 spiro atoms. The molecule has 0 bridgehead atoms. The second kappa shape index (κ2) is 4.82. The molecular formula is C11H11F2NOS. The van der Waals surface area contributed by atoms with Crippen LogP contribution in [0.25, 0.3) is 0 Å². The van der Waals surface area contributed by atoms with E-state index in [2.05, 4.69) is 5.32 Å². The summed E-state index contributed by atoms with van der Waals surface area (Å²) in [6.45, 7) is 0. The number of benzene rings is 1. The van der Waals surface area contributed by atoms with E-state index < -0.39 is 11.6 Å². The molecule has 0 saturated carbocycles. The van der Waals surface area contributed by atoms with E-state index in [1.165, 1.54) is 6.07 Å². The van der Waals surface area contributed by atoms with Crippen molar-refractivity contribution >= 4 is 23.4 Å². The molecule has 1 heterocycles. The van der Waals surface area contributed by atoms with Crippen molar-refractivity contribution in [2.75, 3.05) is 16.8 Å². The summed E-state index contributed by atoms with van der Waals surface area (Å²) in [6.07, 6.45) is 0.819. The molecule has 0 aromatic heterocycles. The first-order valence-corrected chi connectivity index (χ1v) is 6.16. The lowest BCUT2D eigenvalue weighted by molar-refractivity contribution is -0.119. The Labute approximate surface area is 96.4 Å². The monoisotopic (exact) mass is 243 g/mol. The largest absolute Gasteiger partial charge is 0.323 e. The third kappa shape index (κ3) is 2.52. The van der Waals surface area contributed by atoms with Crippen LogP contribution in [0.2, 0.25) is 0 Å². The van der Waals surface area contributed by atoms with Crippen molar-refractivity contribution in [2.45, 2.75) is 6.42 Å². The van der Waals surface area contributed by atoms with Gasteiger partial charge in [-0.25, -0.2) is 8.78 Å². The maximum absolute atomic E-state index is 13.2. The van der Waals surface area contributed by atoms with E-state index in [4.69, 9.17) is 0 Å². The molecule has 0 aliphatic carbocycles. The van der Waals surface area contributed by atoms with E-state index in [0.29, 0.717) is 0 Å². The van der Waals surface area contributed by atoms with Crippen molar-refractivity contribution < 1.29 is 13.6 Å². The van der Waals surface area contributed by atoms with Crippen LogP contribution < -0.4 is 5.32 Å². The molecule has 1 atom stereocenters. The van der Waals surface area contributed by atoms with Crippen LogP contribution in [0.1, 0.15) is 6.42 Å². The first-order chi connectivity index (χ1) is 7.66. The zero-order valence-corrected chi connectivity index (χ0v) is 9.32. The lowest BCUT2D eigenvalue weighted by Crippen LogP contribution is -2.22. The van der Waals surface area contributed by atoms with Gasteiger partial charge in [0.15, 0.2) is 0 Å². The average molecular weight is 243 g/mol. The standard InChI is InChI=1S/C11H11F2NOS/c12-8-1-2-10(9(13)5-8)14-11(15)7-3-4-16-6-7/h1-2,5,7H,3-4,6H2,(H,14,15). The molecule has 86 valence electrons. The van der Waals surface area contributed by atoms with Gasteiger partial charge in [0, 0.05) is 17.7 Å². The van der Waals surface area contributed by atoms with Gasteiger partial charge < -0.3 is 5.32 Å². The molecule has 0 radical (unpaired) electrons. The van der Waals surface area contributed by atoms with Crippen LogP contribution in [0, 0.1) is 17.6 Å². The molecule has 1 saturated heterocycles. The minimum Gasteiger partial charge on any atom is -0.323 e. The molecule has 2 rings (SSSR count). The fourth-order valence-electron chi connectivity index (χ4n) is 1.57. The summed E-state index contributed by atoms with van der Waals surface area (Å²) in [4.78, 5) is 11.7. The maximum Gasteiger partial charge on any atom is 0.228 e. The van der Waals surface area contributed by atoms with Crippen molar-refractivity contribution in [3.8, 4) is 0 Å². The zero-order chi connectivity index (χ0) is 11.5. The second-order valence-electron chi connectivity index (χ2n) is 3.67. The van der Waals surface area contributed by atoms with Crippen LogP contribution in [-0.2, 0) is 4.79 Å². The van der Waals surface area contributed by atoms with Crippen LogP contribution in [-0.4, -0.2) is 17.4 Å². The first-order valence-electron chi connectivity index (χ1n) is 5.00. The predicted octanol–water partition coefficient (Wildman–Crippen LogP) is 2.66. The number of thioether (sulfide) groups is 1. The number of carbonyl (C=O) groups is 1. The highest BCUT2D eigenvalue weighted by molar-refractivity contribution is 7.99. The number of anilines is 1. The zero-order valence-electron chi connectivity index (χ0n) is 8.50. The lowest BCUT2D eigenvalue weighted by Gasteiger charge is -2.10. The SMILES string of the molecule is O=C(Nc1ccc(F)cc1F)C1CCSC1. The summed E-state index contributed by atoms with van der Waals surface area (Å²) in [6, 6.07) is 3.13. The molecular weight excluding hydrogens is 232 g/mol. The highest BCUT2D eigenvalue weighted by atomic mass is 32.2. The Hall–Kier alpha value is -1.10. The van der Waals surface area contributed by atoms with Gasteiger partial charge in [-0.1, -0.05) is 0 Å². The van der Waals surface area contributed by atoms with Crippen molar-refractivity contribution in [2.24, 2.45) is 5.92 Å². The van der Waals surface area contributed by atoms with E-state index in [1.54, 1.807) is 11.8 Å². The number of nitrogens with one attached hydrogen (secondary N) is 1. The average Bonchev–Trinajstić information content (AvgIpc) is 2.75. The molecule has 1 aromatic rings. The normalized spacial score (nSPS) is 19.8. The quantitative estimate of drug-likeness (QED) is 0.865. The fraction of sp³-hybridized carbons (Fsp3) is 0.364. The Bertz CT molecular complexity index is 405. The Morgan fingerprint density at radius 2 is 2.25 bits per heavy atom. The number of carbonyl (C=O) groups excluding carboxylic acids is 1. The summed E-state index contributed by atoms with van der Waals surface area (Å²) in [5.74, 6) is 0.106. The first kappa shape index (κ1) is 11.4. The molecule has 1 fully saturated rings. The van der Waals surface area contributed by atoms with Gasteiger partial charge in [-0.15, -0.1) is 0 Å². The van der Waals surface area contributed by atoms with E-state index in [-0.39, 0.29) is 17.5 Å². The van der Waals surface area contributed by atoms with Gasteiger partial charge in [-0.3, -0.25) is 4.79 Å². The van der Waals surface area contributed by atoms with E-state index in [0.717, 1.165) is 30.1 Å². The molecule has 5 heteroatoms. The molecule has 16 heavy (non-hydrogen) atoms. The van der Waals surface area contributed by atoms with Crippen LogP contribution in [0.15, 0.2) is 18.2 Å². The van der Waals surface area contributed by atoms with Crippen molar-refractivity contribution in [1.82, 2.24) is 0 Å². The third-order valence-corrected chi connectivity index (χ3v) is 3.65. The Morgan fingerprint density at radius 1 is 1.44 bits per heavy atom. The molecule has 1 N–H and O–H groups in total. The summed E-state index contributed by atoms with van der Waals surface area (Å²) < 4.78 is 25.9. The van der Waals surface area contributed by atoms with Gasteiger partial charge >= 0.3 is 0 Å². The molecule has 2 nitrogen and oxygen atoms in total. The Morgan fingerprint density at radius 3 is 2.88 bits per heavy atom. The van der Waals surface area contributed by atoms with Gasteiger partial charge in [-0.2, -0.15) is 11.8 Å². The van der Waals surface area contributed by atoms with E-state index in [9.17, 15) is 13.6 Å². The lowest BCUT2D eigenvalue weighted by atomic mass is 10.1. The van der Waals surface area contributed by atoms with Gasteiger partial charge in [0.05, 0.1) is 5.69 Å². The number of hydrogen-bond donors (Lipinski definition) is 1. The van der Waals surface area contributed by atoms with Gasteiger partial charge in [0.25, 0.3) is 0 Å². The Kier molecular flexibility index (Phi) is 3.43. The summed E-state index contributed by atoms with van der Waals surface area (Å²) in [7, 11) is 0.